The summed E-state index contributed by atoms with van der Waals surface area (Å²) in [5.74, 6) is 0.304. The van der Waals surface area contributed by atoms with Crippen molar-refractivity contribution < 1.29 is 9.59 Å². The normalized spacial score (nSPS) is 29.0. The van der Waals surface area contributed by atoms with E-state index in [0.29, 0.717) is 11.6 Å². The molecular formula is C18H15BrN2O2. The lowest BCUT2D eigenvalue weighted by atomic mass is 9.99. The first-order chi connectivity index (χ1) is 11.2. The summed E-state index contributed by atoms with van der Waals surface area (Å²) in [6.45, 7) is 0. The van der Waals surface area contributed by atoms with Crippen LogP contribution >= 0.6 is 15.9 Å². The van der Waals surface area contributed by atoms with Gasteiger partial charge in [-0.15, -0.1) is 0 Å². The van der Waals surface area contributed by atoms with Gasteiger partial charge in [-0.2, -0.15) is 0 Å². The quantitative estimate of drug-likeness (QED) is 0.713. The average molecular weight is 371 g/mol. The first-order valence-corrected chi connectivity index (χ1v) is 8.79. The van der Waals surface area contributed by atoms with Crippen molar-refractivity contribution in [2.45, 2.75) is 31.3 Å². The molecule has 1 saturated carbocycles. The van der Waals surface area contributed by atoms with Gasteiger partial charge >= 0.3 is 6.03 Å². The monoisotopic (exact) mass is 370 g/mol. The molecule has 2 aliphatic heterocycles. The third-order valence-electron chi connectivity index (χ3n) is 5.56. The number of carbonyl (C=O) groups is 2. The number of fused-ring (bicyclic) bond motifs is 6. The zero-order valence-corrected chi connectivity index (χ0v) is 14.0. The Hall–Kier alpha value is -1.88. The molecule has 2 saturated heterocycles. The highest BCUT2D eigenvalue weighted by atomic mass is 79.9. The minimum absolute atomic E-state index is 0.0466. The van der Waals surface area contributed by atoms with Crippen LogP contribution in [0.1, 0.15) is 19.3 Å². The molecule has 3 atom stereocenters. The third kappa shape index (κ3) is 1.66. The van der Waals surface area contributed by atoms with Crippen LogP contribution in [0.5, 0.6) is 0 Å². The van der Waals surface area contributed by atoms with Crippen molar-refractivity contribution >= 4 is 44.3 Å². The molecule has 2 heterocycles. The summed E-state index contributed by atoms with van der Waals surface area (Å²) in [4.78, 5) is 29.2. The third-order valence-corrected chi connectivity index (χ3v) is 6.25. The van der Waals surface area contributed by atoms with Crippen molar-refractivity contribution in [2.75, 3.05) is 4.90 Å². The van der Waals surface area contributed by atoms with E-state index >= 15 is 0 Å². The molecule has 2 aromatic rings. The summed E-state index contributed by atoms with van der Waals surface area (Å²) in [7, 11) is 0. The van der Waals surface area contributed by atoms with E-state index < -0.39 is 0 Å². The van der Waals surface area contributed by atoms with Crippen molar-refractivity contribution in [2.24, 2.45) is 5.92 Å². The summed E-state index contributed by atoms with van der Waals surface area (Å²) in [6.07, 6.45) is 3.10. The smallest absolute Gasteiger partial charge is 0.309 e. The Morgan fingerprint density at radius 2 is 1.78 bits per heavy atom. The molecule has 0 radical (unpaired) electrons. The number of benzene rings is 2. The summed E-state index contributed by atoms with van der Waals surface area (Å²) in [6, 6.07) is 11.5. The molecule has 2 bridgehead atoms. The largest absolute Gasteiger partial charge is 0.332 e. The van der Waals surface area contributed by atoms with E-state index in [1.54, 1.807) is 0 Å². The Morgan fingerprint density at radius 1 is 1.00 bits per heavy atom. The maximum atomic E-state index is 13.0. The fourth-order valence-electron chi connectivity index (χ4n) is 4.59. The molecular weight excluding hydrogens is 356 g/mol. The Balaban J connectivity index is 1.67. The molecule has 2 aromatic carbocycles. The van der Waals surface area contributed by atoms with Crippen LogP contribution in [0.15, 0.2) is 40.9 Å². The van der Waals surface area contributed by atoms with Crippen molar-refractivity contribution in [3.05, 3.63) is 40.9 Å². The highest BCUT2D eigenvalue weighted by molar-refractivity contribution is 9.10. The van der Waals surface area contributed by atoms with Gasteiger partial charge in [-0.3, -0.25) is 4.79 Å². The van der Waals surface area contributed by atoms with E-state index in [1.807, 2.05) is 41.3 Å². The standard InChI is InChI=1S/C18H15BrN2O2/c19-14-7-8-15(13-4-2-1-3-12(13)14)21-17(22)16-10-5-6-11(9-10)20(16)18(21)23/h1-4,7-8,10-11,16H,5-6,9H2/t10-,11+,16?/m0/s1. The molecule has 3 fully saturated rings. The predicted octanol–water partition coefficient (Wildman–Crippen LogP) is 3.92. The Kier molecular flexibility index (Phi) is 2.69. The number of hydrogen-bond acceptors (Lipinski definition) is 2. The SMILES string of the molecule is O=C1C2[C@H]3CC[C@H](C3)N2C(=O)N1c1ccc(Br)c2ccccc12. The van der Waals surface area contributed by atoms with E-state index in [4.69, 9.17) is 0 Å². The maximum absolute atomic E-state index is 13.0. The fourth-order valence-corrected chi connectivity index (χ4v) is 5.06. The van der Waals surface area contributed by atoms with E-state index in [-0.39, 0.29) is 24.0 Å². The Morgan fingerprint density at radius 3 is 2.57 bits per heavy atom. The molecule has 0 aromatic heterocycles. The van der Waals surface area contributed by atoms with E-state index in [1.165, 1.54) is 4.90 Å². The highest BCUT2D eigenvalue weighted by Crippen LogP contribution is 2.48. The van der Waals surface area contributed by atoms with Gasteiger partial charge in [0, 0.05) is 15.9 Å². The van der Waals surface area contributed by atoms with Crippen molar-refractivity contribution in [1.29, 1.82) is 0 Å². The summed E-state index contributed by atoms with van der Waals surface area (Å²) in [5, 5.41) is 1.94. The number of carbonyl (C=O) groups excluding carboxylic acids is 2. The molecule has 3 amide bonds. The fraction of sp³-hybridized carbons (Fsp3) is 0.333. The van der Waals surface area contributed by atoms with Crippen LogP contribution < -0.4 is 4.90 Å². The van der Waals surface area contributed by atoms with Gasteiger partial charge in [0.05, 0.1) is 5.69 Å². The van der Waals surface area contributed by atoms with E-state index in [2.05, 4.69) is 15.9 Å². The summed E-state index contributed by atoms with van der Waals surface area (Å²) >= 11 is 3.55. The molecule has 1 aliphatic carbocycles. The highest BCUT2D eigenvalue weighted by Gasteiger charge is 2.59. The number of halogens is 1. The molecule has 23 heavy (non-hydrogen) atoms. The first kappa shape index (κ1) is 13.5. The van der Waals surface area contributed by atoms with Crippen molar-refractivity contribution in [1.82, 2.24) is 4.90 Å². The second kappa shape index (κ2) is 4.57. The predicted molar refractivity (Wildman–Crippen MR) is 91.3 cm³/mol. The van der Waals surface area contributed by atoms with Crippen molar-refractivity contribution in [3.63, 3.8) is 0 Å². The minimum Gasteiger partial charge on any atom is -0.309 e. The second-order valence-electron chi connectivity index (χ2n) is 6.65. The lowest BCUT2D eigenvalue weighted by molar-refractivity contribution is -0.120. The number of piperidine rings is 1. The molecule has 5 rings (SSSR count). The molecule has 5 heteroatoms. The summed E-state index contributed by atoms with van der Waals surface area (Å²) < 4.78 is 0.969. The number of amides is 3. The van der Waals surface area contributed by atoms with Crippen LogP contribution in [0.2, 0.25) is 0 Å². The van der Waals surface area contributed by atoms with Crippen LogP contribution in [0.25, 0.3) is 10.8 Å². The van der Waals surface area contributed by atoms with Crippen LogP contribution in [-0.2, 0) is 4.79 Å². The van der Waals surface area contributed by atoms with Crippen LogP contribution in [0.4, 0.5) is 10.5 Å². The van der Waals surface area contributed by atoms with Gasteiger partial charge in [-0.25, -0.2) is 9.69 Å². The molecule has 0 spiro atoms. The minimum atomic E-state index is -0.233. The van der Waals surface area contributed by atoms with Gasteiger partial charge in [0.25, 0.3) is 5.91 Å². The lowest BCUT2D eigenvalue weighted by Crippen LogP contribution is -2.40. The van der Waals surface area contributed by atoms with Gasteiger partial charge in [0.2, 0.25) is 0 Å². The number of hydrogen-bond donors (Lipinski definition) is 0. The van der Waals surface area contributed by atoms with Crippen LogP contribution in [0.3, 0.4) is 0 Å². The van der Waals surface area contributed by atoms with Gasteiger partial charge in [0.1, 0.15) is 6.04 Å². The van der Waals surface area contributed by atoms with Crippen LogP contribution in [0, 0.1) is 5.92 Å². The van der Waals surface area contributed by atoms with E-state index in [9.17, 15) is 9.59 Å². The zero-order valence-electron chi connectivity index (χ0n) is 12.4. The van der Waals surface area contributed by atoms with Gasteiger partial charge in [0.15, 0.2) is 0 Å². The molecule has 4 nitrogen and oxygen atoms in total. The number of nitrogens with zero attached hydrogens (tertiary/aromatic N) is 2. The van der Waals surface area contributed by atoms with Crippen molar-refractivity contribution in [3.8, 4) is 0 Å². The van der Waals surface area contributed by atoms with Gasteiger partial charge < -0.3 is 4.90 Å². The lowest BCUT2D eigenvalue weighted by Gasteiger charge is -2.25. The van der Waals surface area contributed by atoms with Crippen LogP contribution in [-0.4, -0.2) is 28.9 Å². The second-order valence-corrected chi connectivity index (χ2v) is 7.50. The van der Waals surface area contributed by atoms with E-state index in [0.717, 1.165) is 34.5 Å². The molecule has 3 aliphatic rings. The number of rotatable bonds is 1. The number of anilines is 1. The zero-order chi connectivity index (χ0) is 15.7. The molecule has 0 N–H and O–H groups in total. The van der Waals surface area contributed by atoms with Gasteiger partial charge in [-0.05, 0) is 42.7 Å². The van der Waals surface area contributed by atoms with Gasteiger partial charge in [-0.1, -0.05) is 40.2 Å². The maximum Gasteiger partial charge on any atom is 0.332 e. The first-order valence-electron chi connectivity index (χ1n) is 8.00. The molecule has 1 unspecified atom stereocenters. The molecule has 116 valence electrons. The summed E-state index contributed by atoms with van der Waals surface area (Å²) in [5.41, 5.74) is 0.701. The number of urea groups is 1. The number of imide groups is 1. The average Bonchev–Trinajstić information content (AvgIpc) is 3.24. The Bertz CT molecular complexity index is 837. The topological polar surface area (TPSA) is 40.6 Å². The Labute approximate surface area is 142 Å².